The number of fused-ring (bicyclic) bond motifs is 1. The second-order valence-corrected chi connectivity index (χ2v) is 9.97. The van der Waals surface area contributed by atoms with Crippen molar-refractivity contribution in [3.05, 3.63) is 51.8 Å². The summed E-state index contributed by atoms with van der Waals surface area (Å²) in [5.41, 5.74) is -0.892. The van der Waals surface area contributed by atoms with Gasteiger partial charge in [0.05, 0.1) is 17.3 Å². The van der Waals surface area contributed by atoms with Crippen molar-refractivity contribution in [1.82, 2.24) is 14.5 Å². The predicted molar refractivity (Wildman–Crippen MR) is 115 cm³/mol. The first kappa shape index (κ1) is 23.9. The molecule has 1 fully saturated rings. The molecule has 1 aliphatic carbocycles. The number of rotatable bonds is 4. The Hall–Kier alpha value is -2.29. The number of ether oxygens (including phenoxy) is 1. The maximum atomic E-state index is 14.1. The van der Waals surface area contributed by atoms with Gasteiger partial charge in [-0.15, -0.1) is 0 Å². The summed E-state index contributed by atoms with van der Waals surface area (Å²) in [7, 11) is 0. The number of aryl methyl sites for hydroxylation is 1. The third-order valence-electron chi connectivity index (χ3n) is 5.86. The molecule has 0 radical (unpaired) electrons. The second-order valence-electron chi connectivity index (χ2n) is 9.61. The maximum Gasteiger partial charge on any atom is 0.419 e. The number of carbonyl (C=O) groups is 1. The molecule has 2 heterocycles. The molecule has 180 valence electrons. The minimum absolute atomic E-state index is 0.249. The molecule has 1 amide bonds. The van der Waals surface area contributed by atoms with Crippen molar-refractivity contribution in [1.29, 1.82) is 0 Å². The van der Waals surface area contributed by atoms with Crippen molar-refractivity contribution < 1.29 is 27.1 Å². The van der Waals surface area contributed by atoms with Crippen molar-refractivity contribution in [3.63, 3.8) is 0 Å². The fourth-order valence-electron chi connectivity index (χ4n) is 4.25. The minimum Gasteiger partial charge on any atom is -0.444 e. The number of aromatic nitrogens is 2. The van der Waals surface area contributed by atoms with Crippen LogP contribution < -0.4 is 0 Å². The highest BCUT2D eigenvalue weighted by atomic mass is 35.5. The van der Waals surface area contributed by atoms with Gasteiger partial charge in [-0.25, -0.2) is 14.2 Å². The second kappa shape index (κ2) is 8.49. The number of carbonyl (C=O) groups excluding carboxylic acids is 1. The third kappa shape index (κ3) is 5.13. The first-order chi connectivity index (χ1) is 15.3. The number of halogens is 5. The summed E-state index contributed by atoms with van der Waals surface area (Å²) in [4.78, 5) is 19.1. The molecule has 1 aliphatic heterocycles. The average molecular weight is 488 g/mol. The first-order valence-corrected chi connectivity index (χ1v) is 11.3. The number of amides is 1. The van der Waals surface area contributed by atoms with Crippen LogP contribution >= 0.6 is 11.6 Å². The maximum absolute atomic E-state index is 14.1. The molecule has 1 atom stereocenters. The summed E-state index contributed by atoms with van der Waals surface area (Å²) in [6.45, 7) is 6.25. The van der Waals surface area contributed by atoms with Crippen molar-refractivity contribution >= 4 is 17.7 Å². The summed E-state index contributed by atoms with van der Waals surface area (Å²) in [6, 6.07) is 2.42. The van der Waals surface area contributed by atoms with Gasteiger partial charge < -0.3 is 9.30 Å². The van der Waals surface area contributed by atoms with Gasteiger partial charge in [-0.2, -0.15) is 13.2 Å². The normalized spacial score (nSPS) is 18.9. The summed E-state index contributed by atoms with van der Waals surface area (Å²) in [6.07, 6.45) is -2.59. The van der Waals surface area contributed by atoms with Crippen molar-refractivity contribution in [2.24, 2.45) is 0 Å². The van der Waals surface area contributed by atoms with Crippen molar-refractivity contribution in [3.8, 4) is 0 Å². The Bertz CT molecular complexity index is 1060. The van der Waals surface area contributed by atoms with Crippen LogP contribution in [0, 0.1) is 5.82 Å². The molecule has 1 saturated carbocycles. The molecular formula is C23H26ClF4N3O2. The van der Waals surface area contributed by atoms with Crippen LogP contribution in [0.4, 0.5) is 22.4 Å². The van der Waals surface area contributed by atoms with E-state index in [0.29, 0.717) is 41.8 Å². The largest absolute Gasteiger partial charge is 0.444 e. The zero-order chi connectivity index (χ0) is 24.1. The van der Waals surface area contributed by atoms with Crippen LogP contribution in [0.2, 0.25) is 5.15 Å². The summed E-state index contributed by atoms with van der Waals surface area (Å²) < 4.78 is 60.4. The number of nitrogens with zero attached hydrogens (tertiary/aromatic N) is 3. The lowest BCUT2D eigenvalue weighted by molar-refractivity contribution is -0.140. The Morgan fingerprint density at radius 2 is 1.91 bits per heavy atom. The van der Waals surface area contributed by atoms with Crippen molar-refractivity contribution in [2.45, 2.75) is 76.7 Å². The summed E-state index contributed by atoms with van der Waals surface area (Å²) >= 11 is 6.51. The lowest BCUT2D eigenvalue weighted by Crippen LogP contribution is -2.45. The quantitative estimate of drug-likeness (QED) is 0.463. The zero-order valence-electron chi connectivity index (χ0n) is 18.7. The van der Waals surface area contributed by atoms with Crippen LogP contribution in [0.1, 0.15) is 74.6 Å². The van der Waals surface area contributed by atoms with Crippen LogP contribution in [0.5, 0.6) is 0 Å². The van der Waals surface area contributed by atoms with Gasteiger partial charge in [0, 0.05) is 19.0 Å². The Morgan fingerprint density at radius 3 is 2.48 bits per heavy atom. The number of imidazole rings is 1. The molecule has 4 rings (SSSR count). The van der Waals surface area contributed by atoms with E-state index in [1.54, 1.807) is 25.7 Å². The highest BCUT2D eigenvalue weighted by molar-refractivity contribution is 6.30. The van der Waals surface area contributed by atoms with Gasteiger partial charge in [-0.05, 0) is 64.2 Å². The predicted octanol–water partition coefficient (Wildman–Crippen LogP) is 6.50. The minimum atomic E-state index is -4.75. The molecule has 2 aromatic rings. The van der Waals surface area contributed by atoms with E-state index in [9.17, 15) is 22.4 Å². The van der Waals surface area contributed by atoms with Crippen LogP contribution in [0.15, 0.2) is 18.2 Å². The molecule has 2 aliphatic rings. The standard InChI is InChI=1S/C23H26ClF4N3O2/c1-22(2,3)33-21(32)30-10-11-31-18(19(24)29-20(31)14-6-7-14)17(30)9-5-13-4-8-15(16(25)12-13)23(26,27)28/h4,8,12,14,17H,5-7,9-11H2,1-3H3. The number of hydrogen-bond acceptors (Lipinski definition) is 3. The van der Waals surface area contributed by atoms with Gasteiger partial charge in [-0.1, -0.05) is 17.7 Å². The number of alkyl halides is 3. The Morgan fingerprint density at radius 1 is 1.21 bits per heavy atom. The molecule has 10 heteroatoms. The van der Waals surface area contributed by atoms with E-state index in [4.69, 9.17) is 16.3 Å². The van der Waals surface area contributed by atoms with Gasteiger partial charge >= 0.3 is 12.3 Å². The summed E-state index contributed by atoms with van der Waals surface area (Å²) in [5.74, 6) is -0.0508. The van der Waals surface area contributed by atoms with Crippen LogP contribution in [0.3, 0.4) is 0 Å². The molecule has 0 saturated heterocycles. The van der Waals surface area contributed by atoms with E-state index in [0.717, 1.165) is 30.8 Å². The topological polar surface area (TPSA) is 47.4 Å². The van der Waals surface area contributed by atoms with E-state index in [-0.39, 0.29) is 6.42 Å². The average Bonchev–Trinajstić information content (AvgIpc) is 3.47. The van der Waals surface area contributed by atoms with E-state index in [2.05, 4.69) is 9.55 Å². The molecule has 0 spiro atoms. The fourth-order valence-corrected chi connectivity index (χ4v) is 4.56. The van der Waals surface area contributed by atoms with E-state index in [1.807, 2.05) is 0 Å². The van der Waals surface area contributed by atoms with E-state index >= 15 is 0 Å². The monoisotopic (exact) mass is 487 g/mol. The molecule has 0 N–H and O–H groups in total. The van der Waals surface area contributed by atoms with Gasteiger partial charge in [0.15, 0.2) is 5.15 Å². The van der Waals surface area contributed by atoms with Gasteiger partial charge in [0.1, 0.15) is 17.2 Å². The van der Waals surface area contributed by atoms with Gasteiger partial charge in [-0.3, -0.25) is 4.90 Å². The van der Waals surface area contributed by atoms with Crippen LogP contribution in [0.25, 0.3) is 0 Å². The molecule has 0 bridgehead atoms. The fraction of sp³-hybridized carbons (Fsp3) is 0.565. The molecular weight excluding hydrogens is 462 g/mol. The highest BCUT2D eigenvalue weighted by Gasteiger charge is 2.40. The zero-order valence-corrected chi connectivity index (χ0v) is 19.4. The van der Waals surface area contributed by atoms with E-state index < -0.39 is 35.3 Å². The Balaban J connectivity index is 1.62. The highest BCUT2D eigenvalue weighted by Crippen LogP contribution is 2.44. The molecule has 1 aromatic carbocycles. The Labute approximate surface area is 194 Å². The molecule has 1 aromatic heterocycles. The third-order valence-corrected chi connectivity index (χ3v) is 6.14. The number of benzene rings is 1. The van der Waals surface area contributed by atoms with Crippen LogP contribution in [-0.4, -0.2) is 32.7 Å². The van der Waals surface area contributed by atoms with Crippen molar-refractivity contribution in [2.75, 3.05) is 6.54 Å². The molecule has 1 unspecified atom stereocenters. The molecule has 5 nitrogen and oxygen atoms in total. The lowest BCUT2D eigenvalue weighted by Gasteiger charge is -2.38. The van der Waals surface area contributed by atoms with Crippen LogP contribution in [-0.2, 0) is 23.9 Å². The lowest BCUT2D eigenvalue weighted by atomic mass is 9.99. The Kier molecular flexibility index (Phi) is 6.14. The van der Waals surface area contributed by atoms with E-state index in [1.165, 1.54) is 6.07 Å². The van der Waals surface area contributed by atoms with Gasteiger partial charge in [0.25, 0.3) is 0 Å². The SMILES string of the molecule is CC(C)(C)OC(=O)N1CCn2c(C3CC3)nc(Cl)c2C1CCc1ccc(C(F)(F)F)c(F)c1. The summed E-state index contributed by atoms with van der Waals surface area (Å²) in [5, 5.41) is 0.314. The number of hydrogen-bond donors (Lipinski definition) is 0. The molecule has 33 heavy (non-hydrogen) atoms. The van der Waals surface area contributed by atoms with Gasteiger partial charge in [0.2, 0.25) is 0 Å². The smallest absolute Gasteiger partial charge is 0.419 e. The first-order valence-electron chi connectivity index (χ1n) is 11.0.